The second-order valence-electron chi connectivity index (χ2n) is 2.98. The normalized spacial score (nSPS) is 10.2. The lowest BCUT2D eigenvalue weighted by atomic mass is 10.2. The Morgan fingerprint density at radius 2 is 2.21 bits per heavy atom. The molecule has 1 aromatic rings. The number of carbonyl (C=O) groups excluding carboxylic acids is 1. The summed E-state index contributed by atoms with van der Waals surface area (Å²) in [6, 6.07) is 0. The van der Waals surface area contributed by atoms with Gasteiger partial charge in [0.25, 0.3) is 0 Å². The van der Waals surface area contributed by atoms with Crippen molar-refractivity contribution < 1.29 is 13.9 Å². The van der Waals surface area contributed by atoms with E-state index in [1.54, 1.807) is 13.8 Å². The number of aryl methyl sites for hydroxylation is 2. The minimum atomic E-state index is -0.396. The first kappa shape index (κ1) is 10.8. The summed E-state index contributed by atoms with van der Waals surface area (Å²) in [5.41, 5.74) is 0.325. The fraction of sp³-hybridized carbons (Fsp3) is 0.600. The highest BCUT2D eigenvalue weighted by molar-refractivity contribution is 5.88. The maximum absolute atomic E-state index is 11.4. The van der Waals surface area contributed by atoms with Gasteiger partial charge in [0.15, 0.2) is 11.6 Å². The van der Waals surface area contributed by atoms with Crippen LogP contribution in [0.15, 0.2) is 4.42 Å². The Kier molecular flexibility index (Phi) is 3.68. The van der Waals surface area contributed by atoms with Crippen molar-refractivity contribution in [3.8, 4) is 0 Å². The van der Waals surface area contributed by atoms with E-state index in [1.807, 2.05) is 6.92 Å². The molecule has 0 aromatic carbocycles. The van der Waals surface area contributed by atoms with Crippen molar-refractivity contribution in [1.29, 1.82) is 0 Å². The van der Waals surface area contributed by atoms with Crippen LogP contribution in [0.2, 0.25) is 0 Å². The number of oxazole rings is 1. The summed E-state index contributed by atoms with van der Waals surface area (Å²) in [5, 5.41) is 0. The minimum absolute atomic E-state index is 0.325. The summed E-state index contributed by atoms with van der Waals surface area (Å²) in [5.74, 6) is 0.743. The van der Waals surface area contributed by atoms with Gasteiger partial charge in [-0.15, -0.1) is 0 Å². The van der Waals surface area contributed by atoms with Crippen molar-refractivity contribution in [2.75, 3.05) is 6.61 Å². The molecule has 78 valence electrons. The highest BCUT2D eigenvalue weighted by Crippen LogP contribution is 2.13. The maximum atomic E-state index is 11.4. The smallest absolute Gasteiger partial charge is 0.360 e. The predicted octanol–water partition coefficient (Wildman–Crippen LogP) is 2.11. The van der Waals surface area contributed by atoms with Crippen molar-refractivity contribution >= 4 is 5.97 Å². The second kappa shape index (κ2) is 4.79. The average Bonchev–Trinajstić information content (AvgIpc) is 2.48. The molecule has 0 aliphatic heterocycles. The molecule has 1 aromatic heterocycles. The number of esters is 1. The van der Waals surface area contributed by atoms with Gasteiger partial charge in [-0.2, -0.15) is 0 Å². The molecule has 1 rings (SSSR count). The van der Waals surface area contributed by atoms with E-state index in [0.29, 0.717) is 24.0 Å². The lowest BCUT2D eigenvalue weighted by Crippen LogP contribution is -2.07. The van der Waals surface area contributed by atoms with E-state index in [0.717, 1.165) is 12.8 Å². The van der Waals surface area contributed by atoms with E-state index in [2.05, 4.69) is 4.98 Å². The summed E-state index contributed by atoms with van der Waals surface area (Å²) in [4.78, 5) is 15.4. The van der Waals surface area contributed by atoms with Gasteiger partial charge in [0.2, 0.25) is 0 Å². The fourth-order valence-corrected chi connectivity index (χ4v) is 1.22. The minimum Gasteiger partial charge on any atom is -0.461 e. The van der Waals surface area contributed by atoms with Crippen molar-refractivity contribution in [1.82, 2.24) is 4.98 Å². The fourth-order valence-electron chi connectivity index (χ4n) is 1.22. The molecule has 0 atom stereocenters. The van der Waals surface area contributed by atoms with Crippen LogP contribution in [0, 0.1) is 6.92 Å². The molecule has 0 bridgehead atoms. The SMILES string of the molecule is CCCc1oc(C)nc1C(=O)OCC. The lowest BCUT2D eigenvalue weighted by molar-refractivity contribution is 0.0517. The quantitative estimate of drug-likeness (QED) is 0.694. The zero-order chi connectivity index (χ0) is 10.6. The first-order valence-corrected chi connectivity index (χ1v) is 4.82. The third-order valence-electron chi connectivity index (χ3n) is 1.75. The molecule has 0 radical (unpaired) electrons. The van der Waals surface area contributed by atoms with E-state index in [4.69, 9.17) is 9.15 Å². The molecule has 0 aliphatic rings. The standard InChI is InChI=1S/C10H15NO3/c1-4-6-8-9(10(12)13-5-2)11-7(3)14-8/h4-6H2,1-3H3. The van der Waals surface area contributed by atoms with Gasteiger partial charge in [-0.3, -0.25) is 0 Å². The molecular weight excluding hydrogens is 182 g/mol. The Bertz CT molecular complexity index is 317. The van der Waals surface area contributed by atoms with E-state index >= 15 is 0 Å². The monoisotopic (exact) mass is 197 g/mol. The molecule has 4 heteroatoms. The Balaban J connectivity index is 2.88. The van der Waals surface area contributed by atoms with Crippen LogP contribution in [0.3, 0.4) is 0 Å². The molecule has 0 fully saturated rings. The number of hydrogen-bond donors (Lipinski definition) is 0. The Morgan fingerprint density at radius 1 is 1.50 bits per heavy atom. The van der Waals surface area contributed by atoms with E-state index in [9.17, 15) is 4.79 Å². The molecule has 0 saturated carbocycles. The van der Waals surface area contributed by atoms with Crippen LogP contribution in [0.1, 0.15) is 42.4 Å². The number of carbonyl (C=O) groups is 1. The van der Waals surface area contributed by atoms with Crippen molar-refractivity contribution in [2.24, 2.45) is 0 Å². The van der Waals surface area contributed by atoms with Crippen LogP contribution >= 0.6 is 0 Å². The van der Waals surface area contributed by atoms with Crippen LogP contribution in [0.4, 0.5) is 0 Å². The third kappa shape index (κ3) is 2.34. The van der Waals surface area contributed by atoms with Gasteiger partial charge in [0.05, 0.1) is 6.61 Å². The van der Waals surface area contributed by atoms with Crippen molar-refractivity contribution in [3.05, 3.63) is 17.3 Å². The average molecular weight is 197 g/mol. The van der Waals surface area contributed by atoms with Crippen molar-refractivity contribution in [2.45, 2.75) is 33.6 Å². The van der Waals surface area contributed by atoms with Gasteiger partial charge >= 0.3 is 5.97 Å². The number of ether oxygens (including phenoxy) is 1. The Labute approximate surface area is 83.3 Å². The summed E-state index contributed by atoms with van der Waals surface area (Å²) >= 11 is 0. The number of rotatable bonds is 4. The summed E-state index contributed by atoms with van der Waals surface area (Å²) < 4.78 is 10.2. The molecule has 0 spiro atoms. The highest BCUT2D eigenvalue weighted by atomic mass is 16.5. The van der Waals surface area contributed by atoms with Gasteiger partial charge in [0.1, 0.15) is 5.76 Å². The maximum Gasteiger partial charge on any atom is 0.360 e. The molecule has 0 N–H and O–H groups in total. The zero-order valence-corrected chi connectivity index (χ0v) is 8.79. The van der Waals surface area contributed by atoms with Gasteiger partial charge in [-0.25, -0.2) is 9.78 Å². The molecule has 14 heavy (non-hydrogen) atoms. The first-order valence-electron chi connectivity index (χ1n) is 4.82. The Morgan fingerprint density at radius 3 is 2.79 bits per heavy atom. The summed E-state index contributed by atoms with van der Waals surface area (Å²) in [6.07, 6.45) is 1.63. The van der Waals surface area contributed by atoms with Crippen LogP contribution in [0.5, 0.6) is 0 Å². The summed E-state index contributed by atoms with van der Waals surface area (Å²) in [7, 11) is 0. The number of nitrogens with zero attached hydrogens (tertiary/aromatic N) is 1. The van der Waals surface area contributed by atoms with E-state index < -0.39 is 5.97 Å². The van der Waals surface area contributed by atoms with Crippen LogP contribution in [-0.4, -0.2) is 17.6 Å². The number of aromatic nitrogens is 1. The molecule has 1 heterocycles. The molecule has 0 amide bonds. The third-order valence-corrected chi connectivity index (χ3v) is 1.75. The van der Waals surface area contributed by atoms with Crippen LogP contribution < -0.4 is 0 Å². The van der Waals surface area contributed by atoms with Crippen molar-refractivity contribution in [3.63, 3.8) is 0 Å². The molecular formula is C10H15NO3. The number of hydrogen-bond acceptors (Lipinski definition) is 4. The first-order chi connectivity index (χ1) is 6.69. The Hall–Kier alpha value is -1.32. The van der Waals surface area contributed by atoms with Crippen LogP contribution in [0.25, 0.3) is 0 Å². The molecule has 0 unspecified atom stereocenters. The summed E-state index contributed by atoms with van der Waals surface area (Å²) in [6.45, 7) is 5.87. The molecule has 0 saturated heterocycles. The zero-order valence-electron chi connectivity index (χ0n) is 8.79. The van der Waals surface area contributed by atoms with Gasteiger partial charge < -0.3 is 9.15 Å². The molecule has 0 aliphatic carbocycles. The van der Waals surface area contributed by atoms with Gasteiger partial charge in [-0.1, -0.05) is 6.92 Å². The predicted molar refractivity (Wildman–Crippen MR) is 51.2 cm³/mol. The van der Waals surface area contributed by atoms with Gasteiger partial charge in [-0.05, 0) is 13.3 Å². The van der Waals surface area contributed by atoms with Gasteiger partial charge in [0, 0.05) is 13.3 Å². The molecule has 4 nitrogen and oxygen atoms in total. The van der Waals surface area contributed by atoms with E-state index in [-0.39, 0.29) is 0 Å². The lowest BCUT2D eigenvalue weighted by Gasteiger charge is -1.99. The van der Waals surface area contributed by atoms with E-state index in [1.165, 1.54) is 0 Å². The van der Waals surface area contributed by atoms with Crippen LogP contribution in [-0.2, 0) is 11.2 Å². The largest absolute Gasteiger partial charge is 0.461 e. The topological polar surface area (TPSA) is 52.3 Å². The highest BCUT2D eigenvalue weighted by Gasteiger charge is 2.18. The second-order valence-corrected chi connectivity index (χ2v) is 2.98.